The summed E-state index contributed by atoms with van der Waals surface area (Å²) in [5.41, 5.74) is 1.87. The van der Waals surface area contributed by atoms with Gasteiger partial charge in [0.05, 0.1) is 27.5 Å². The van der Waals surface area contributed by atoms with E-state index < -0.39 is 5.25 Å². The molecular weight excluding hydrogens is 440 g/mol. The minimum atomic E-state index is -0.540. The van der Waals surface area contributed by atoms with Crippen molar-refractivity contribution in [2.75, 3.05) is 16.8 Å². The Morgan fingerprint density at radius 3 is 2.70 bits per heavy atom. The van der Waals surface area contributed by atoms with E-state index in [4.69, 9.17) is 0 Å². The third-order valence-corrected chi connectivity index (χ3v) is 6.62. The summed E-state index contributed by atoms with van der Waals surface area (Å²) in [5, 5.41) is 12.0. The van der Waals surface area contributed by atoms with Crippen molar-refractivity contribution in [2.45, 2.75) is 37.2 Å². The summed E-state index contributed by atoms with van der Waals surface area (Å²) in [6.45, 7) is 4.26. The average molecular weight is 463 g/mol. The fourth-order valence-corrected chi connectivity index (χ4v) is 5.01. The smallest absolute Gasteiger partial charge is 0.262 e. The SMILES string of the molecule is CCCn1c(=O)c2ccccc2n2c(SC(C)C(=O)N3CC(=O)Nc4ccccc43)nnc12. The number of fused-ring (bicyclic) bond motifs is 4. The number of benzene rings is 2. The van der Waals surface area contributed by atoms with E-state index in [0.29, 0.717) is 39.8 Å². The summed E-state index contributed by atoms with van der Waals surface area (Å²) < 4.78 is 3.45. The Labute approximate surface area is 193 Å². The van der Waals surface area contributed by atoms with E-state index in [9.17, 15) is 14.4 Å². The highest BCUT2D eigenvalue weighted by molar-refractivity contribution is 8.00. The van der Waals surface area contributed by atoms with E-state index in [0.717, 1.165) is 6.42 Å². The Balaban J connectivity index is 1.54. The van der Waals surface area contributed by atoms with E-state index in [1.54, 1.807) is 23.6 Å². The maximum atomic E-state index is 13.4. The van der Waals surface area contributed by atoms with E-state index >= 15 is 0 Å². The van der Waals surface area contributed by atoms with Gasteiger partial charge in [-0.05, 0) is 37.6 Å². The topological polar surface area (TPSA) is 102 Å². The normalized spacial score (nSPS) is 14.4. The summed E-state index contributed by atoms with van der Waals surface area (Å²) >= 11 is 1.26. The van der Waals surface area contributed by atoms with Crippen LogP contribution in [0, 0.1) is 0 Å². The Morgan fingerprint density at radius 2 is 1.88 bits per heavy atom. The van der Waals surface area contributed by atoms with Crippen LogP contribution in [0.25, 0.3) is 16.7 Å². The first-order chi connectivity index (χ1) is 16.0. The molecular formula is C23H22N6O3S. The molecule has 0 saturated carbocycles. The van der Waals surface area contributed by atoms with Crippen molar-refractivity contribution in [1.82, 2.24) is 19.2 Å². The molecule has 1 atom stereocenters. The fourth-order valence-electron chi connectivity index (χ4n) is 4.09. The molecule has 10 heteroatoms. The Kier molecular flexibility index (Phi) is 5.37. The lowest BCUT2D eigenvalue weighted by atomic mass is 10.2. The first kappa shape index (κ1) is 21.2. The molecule has 9 nitrogen and oxygen atoms in total. The first-order valence-electron chi connectivity index (χ1n) is 10.7. The molecule has 0 bridgehead atoms. The van der Waals surface area contributed by atoms with Crippen LogP contribution < -0.4 is 15.8 Å². The third-order valence-electron chi connectivity index (χ3n) is 5.59. The minimum absolute atomic E-state index is 0.0414. The summed E-state index contributed by atoms with van der Waals surface area (Å²) in [7, 11) is 0. The second-order valence-corrected chi connectivity index (χ2v) is 9.15. The average Bonchev–Trinajstić information content (AvgIpc) is 3.24. The van der Waals surface area contributed by atoms with Crippen LogP contribution in [0.1, 0.15) is 20.3 Å². The molecule has 33 heavy (non-hydrogen) atoms. The van der Waals surface area contributed by atoms with Crippen LogP contribution in [0.5, 0.6) is 0 Å². The summed E-state index contributed by atoms with van der Waals surface area (Å²) in [6.07, 6.45) is 0.772. The number of rotatable bonds is 5. The molecule has 0 spiro atoms. The van der Waals surface area contributed by atoms with Crippen LogP contribution in [0.15, 0.2) is 58.5 Å². The zero-order chi connectivity index (χ0) is 23.1. The van der Waals surface area contributed by atoms with Gasteiger partial charge in [-0.1, -0.05) is 43.0 Å². The van der Waals surface area contributed by atoms with Gasteiger partial charge in [0, 0.05) is 6.54 Å². The highest BCUT2D eigenvalue weighted by atomic mass is 32.2. The van der Waals surface area contributed by atoms with Crippen LogP contribution in [0.3, 0.4) is 0 Å². The molecule has 0 saturated heterocycles. The zero-order valence-corrected chi connectivity index (χ0v) is 19.0. The molecule has 1 unspecified atom stereocenters. The van der Waals surface area contributed by atoms with Crippen LogP contribution in [0.4, 0.5) is 11.4 Å². The molecule has 0 fully saturated rings. The predicted molar refractivity (Wildman–Crippen MR) is 128 cm³/mol. The first-order valence-corrected chi connectivity index (χ1v) is 11.6. The molecule has 3 heterocycles. The van der Waals surface area contributed by atoms with Crippen molar-refractivity contribution in [1.29, 1.82) is 0 Å². The van der Waals surface area contributed by atoms with Gasteiger partial charge in [0.1, 0.15) is 6.54 Å². The highest BCUT2D eigenvalue weighted by Gasteiger charge is 2.31. The number of anilines is 2. The van der Waals surface area contributed by atoms with Gasteiger partial charge in [-0.3, -0.25) is 28.3 Å². The van der Waals surface area contributed by atoms with Crippen molar-refractivity contribution in [3.8, 4) is 0 Å². The molecule has 0 radical (unpaired) electrons. The van der Waals surface area contributed by atoms with Crippen LogP contribution in [-0.2, 0) is 16.1 Å². The van der Waals surface area contributed by atoms with E-state index in [2.05, 4.69) is 15.5 Å². The number of amides is 2. The summed E-state index contributed by atoms with van der Waals surface area (Å²) in [5.74, 6) is 0.0115. The van der Waals surface area contributed by atoms with E-state index in [-0.39, 0.29) is 23.9 Å². The van der Waals surface area contributed by atoms with Gasteiger partial charge < -0.3 is 5.32 Å². The van der Waals surface area contributed by atoms with Crippen molar-refractivity contribution in [3.63, 3.8) is 0 Å². The summed E-state index contributed by atoms with van der Waals surface area (Å²) in [6, 6.07) is 14.6. The molecule has 168 valence electrons. The maximum Gasteiger partial charge on any atom is 0.262 e. The number of aromatic nitrogens is 4. The van der Waals surface area contributed by atoms with Gasteiger partial charge in [0.2, 0.25) is 17.6 Å². The Hall–Kier alpha value is -3.66. The molecule has 2 aromatic heterocycles. The molecule has 0 aliphatic carbocycles. The quantitative estimate of drug-likeness (QED) is 0.458. The van der Waals surface area contributed by atoms with Crippen molar-refractivity contribution in [3.05, 3.63) is 58.9 Å². The number of hydrogen-bond acceptors (Lipinski definition) is 6. The van der Waals surface area contributed by atoms with Crippen LogP contribution in [-0.4, -0.2) is 42.8 Å². The Morgan fingerprint density at radius 1 is 1.12 bits per heavy atom. The second kappa shape index (κ2) is 8.36. The maximum absolute atomic E-state index is 13.4. The lowest BCUT2D eigenvalue weighted by Crippen LogP contribution is -2.45. The lowest BCUT2D eigenvalue weighted by molar-refractivity contribution is -0.121. The lowest BCUT2D eigenvalue weighted by Gasteiger charge is -2.30. The van der Waals surface area contributed by atoms with Crippen molar-refractivity contribution >= 4 is 51.6 Å². The van der Waals surface area contributed by atoms with Gasteiger partial charge in [-0.15, -0.1) is 10.2 Å². The number of aryl methyl sites for hydroxylation is 1. The van der Waals surface area contributed by atoms with Crippen LogP contribution in [0.2, 0.25) is 0 Å². The van der Waals surface area contributed by atoms with Crippen molar-refractivity contribution < 1.29 is 9.59 Å². The fraction of sp³-hybridized carbons (Fsp3) is 0.261. The van der Waals surface area contributed by atoms with Gasteiger partial charge in [-0.2, -0.15) is 0 Å². The molecule has 1 aliphatic rings. The van der Waals surface area contributed by atoms with Gasteiger partial charge in [0.25, 0.3) is 5.56 Å². The zero-order valence-electron chi connectivity index (χ0n) is 18.2. The molecule has 2 aromatic carbocycles. The summed E-state index contributed by atoms with van der Waals surface area (Å²) in [4.78, 5) is 40.0. The number of carbonyl (C=O) groups excluding carboxylic acids is 2. The largest absolute Gasteiger partial charge is 0.323 e. The van der Waals surface area contributed by atoms with Gasteiger partial charge in [-0.25, -0.2) is 0 Å². The van der Waals surface area contributed by atoms with Crippen molar-refractivity contribution in [2.24, 2.45) is 0 Å². The number of para-hydroxylation sites is 3. The second-order valence-electron chi connectivity index (χ2n) is 7.84. The monoisotopic (exact) mass is 462 g/mol. The molecule has 1 N–H and O–H groups in total. The predicted octanol–water partition coefficient (Wildman–Crippen LogP) is 2.92. The molecule has 2 amide bonds. The van der Waals surface area contributed by atoms with E-state index in [1.165, 1.54) is 16.7 Å². The number of thioether (sulfide) groups is 1. The number of hydrogen-bond donors (Lipinski definition) is 1. The van der Waals surface area contributed by atoms with Crippen LogP contribution >= 0.6 is 11.8 Å². The molecule has 1 aliphatic heterocycles. The molecule has 4 aromatic rings. The van der Waals surface area contributed by atoms with Gasteiger partial charge >= 0.3 is 0 Å². The number of carbonyl (C=O) groups is 2. The number of nitrogens with one attached hydrogen (secondary N) is 1. The standard InChI is InChI=1S/C23H22N6O3S/c1-3-12-27-21(32)15-8-4-6-10-17(15)29-22(27)25-26-23(29)33-14(2)20(31)28-13-19(30)24-16-9-5-7-11-18(16)28/h4-11,14H,3,12-13H2,1-2H3,(H,24,30). The Bertz CT molecular complexity index is 1460. The minimum Gasteiger partial charge on any atom is -0.323 e. The van der Waals surface area contributed by atoms with E-state index in [1.807, 2.05) is 47.7 Å². The van der Waals surface area contributed by atoms with Gasteiger partial charge in [0.15, 0.2) is 5.16 Å². The molecule has 5 rings (SSSR count). The highest BCUT2D eigenvalue weighted by Crippen LogP contribution is 2.32. The third kappa shape index (κ3) is 3.56. The number of nitrogens with zero attached hydrogens (tertiary/aromatic N) is 5.